The fourth-order valence-electron chi connectivity index (χ4n) is 2.30. The summed E-state index contributed by atoms with van der Waals surface area (Å²) >= 11 is 5.98. The fourth-order valence-corrected chi connectivity index (χ4v) is 2.42. The van der Waals surface area contributed by atoms with Crippen LogP contribution in [0.15, 0.2) is 36.4 Å². The van der Waals surface area contributed by atoms with Crippen LogP contribution in [-0.2, 0) is 11.2 Å². The quantitative estimate of drug-likeness (QED) is 0.866. The molecule has 0 amide bonds. The van der Waals surface area contributed by atoms with Gasteiger partial charge in [0.2, 0.25) is 0 Å². The third-order valence-electron chi connectivity index (χ3n) is 3.52. The Morgan fingerprint density at radius 1 is 1.22 bits per heavy atom. The zero-order chi connectivity index (χ0) is 17.0. The predicted octanol–water partition coefficient (Wildman–Crippen LogP) is 4.04. The predicted molar refractivity (Wildman–Crippen MR) is 89.7 cm³/mol. The number of benzene rings is 2. The second-order valence-electron chi connectivity index (χ2n) is 5.38. The zero-order valence-electron chi connectivity index (χ0n) is 13.3. The van der Waals surface area contributed by atoms with Crippen LogP contribution in [0.5, 0.6) is 11.5 Å². The van der Waals surface area contributed by atoms with E-state index in [2.05, 4.69) is 0 Å². The molecule has 0 saturated heterocycles. The van der Waals surface area contributed by atoms with Crippen molar-refractivity contribution in [2.45, 2.75) is 26.4 Å². The van der Waals surface area contributed by atoms with Crippen molar-refractivity contribution in [3.63, 3.8) is 0 Å². The SMILES string of the molecule is COc1ccc(C)cc1C[C@@H](Oc1ccc(Cl)c(C)c1)C(=O)O. The molecule has 0 bridgehead atoms. The van der Waals surface area contributed by atoms with E-state index in [4.69, 9.17) is 21.1 Å². The Kier molecular flexibility index (Phi) is 5.50. The van der Waals surface area contributed by atoms with E-state index in [0.717, 1.165) is 16.7 Å². The van der Waals surface area contributed by atoms with E-state index in [9.17, 15) is 9.90 Å². The van der Waals surface area contributed by atoms with Crippen LogP contribution in [0.1, 0.15) is 16.7 Å². The summed E-state index contributed by atoms with van der Waals surface area (Å²) in [4.78, 5) is 11.6. The lowest BCUT2D eigenvalue weighted by molar-refractivity contribution is -0.145. The molecule has 23 heavy (non-hydrogen) atoms. The molecule has 2 aromatic carbocycles. The number of hydrogen-bond acceptors (Lipinski definition) is 3. The van der Waals surface area contributed by atoms with E-state index in [-0.39, 0.29) is 6.42 Å². The molecule has 1 atom stereocenters. The minimum Gasteiger partial charge on any atom is -0.496 e. The van der Waals surface area contributed by atoms with E-state index in [1.165, 1.54) is 0 Å². The molecule has 0 saturated carbocycles. The van der Waals surface area contributed by atoms with Crippen molar-refractivity contribution >= 4 is 17.6 Å². The topological polar surface area (TPSA) is 55.8 Å². The normalized spacial score (nSPS) is 11.8. The van der Waals surface area contributed by atoms with E-state index in [0.29, 0.717) is 16.5 Å². The van der Waals surface area contributed by atoms with Gasteiger partial charge in [-0.1, -0.05) is 29.3 Å². The van der Waals surface area contributed by atoms with Crippen LogP contribution in [0.25, 0.3) is 0 Å². The minimum absolute atomic E-state index is 0.210. The monoisotopic (exact) mass is 334 g/mol. The standard InChI is InChI=1S/C18H19ClO4/c1-11-4-7-16(22-3)13(8-11)10-17(18(20)21)23-14-5-6-15(19)12(2)9-14/h4-9,17H,10H2,1-3H3,(H,20,21)/t17-/m1/s1. The molecule has 0 aliphatic rings. The summed E-state index contributed by atoms with van der Waals surface area (Å²) in [6.45, 7) is 3.79. The summed E-state index contributed by atoms with van der Waals surface area (Å²) in [5, 5.41) is 10.1. The molecule has 122 valence electrons. The lowest BCUT2D eigenvalue weighted by atomic mass is 10.0. The van der Waals surface area contributed by atoms with Gasteiger partial charge in [0.15, 0.2) is 6.10 Å². The van der Waals surface area contributed by atoms with Crippen molar-refractivity contribution in [3.8, 4) is 11.5 Å². The molecule has 0 aliphatic carbocycles. The Morgan fingerprint density at radius 3 is 2.57 bits per heavy atom. The summed E-state index contributed by atoms with van der Waals surface area (Å²) in [6, 6.07) is 10.7. The smallest absolute Gasteiger partial charge is 0.345 e. The molecule has 0 fully saturated rings. The second-order valence-corrected chi connectivity index (χ2v) is 5.78. The summed E-state index contributed by atoms with van der Waals surface area (Å²) in [5.74, 6) is 0.102. The Hall–Kier alpha value is -2.20. The zero-order valence-corrected chi connectivity index (χ0v) is 14.1. The molecule has 5 heteroatoms. The van der Waals surface area contributed by atoms with E-state index >= 15 is 0 Å². The van der Waals surface area contributed by atoms with Crippen molar-refractivity contribution in [3.05, 3.63) is 58.1 Å². The van der Waals surface area contributed by atoms with E-state index in [1.807, 2.05) is 32.0 Å². The molecule has 0 unspecified atom stereocenters. The van der Waals surface area contributed by atoms with Gasteiger partial charge in [0.1, 0.15) is 11.5 Å². The maximum absolute atomic E-state index is 11.6. The van der Waals surface area contributed by atoms with Crippen LogP contribution in [0.2, 0.25) is 5.02 Å². The molecule has 1 N–H and O–H groups in total. The fraction of sp³-hybridized carbons (Fsp3) is 0.278. The molecule has 0 spiro atoms. The summed E-state index contributed by atoms with van der Waals surface area (Å²) < 4.78 is 10.9. The van der Waals surface area contributed by atoms with Crippen LogP contribution in [0.3, 0.4) is 0 Å². The average molecular weight is 335 g/mol. The molecule has 0 heterocycles. The molecular weight excluding hydrogens is 316 g/mol. The highest BCUT2D eigenvalue weighted by Crippen LogP contribution is 2.25. The molecule has 2 rings (SSSR count). The van der Waals surface area contributed by atoms with Gasteiger partial charge in [-0.2, -0.15) is 0 Å². The second kappa shape index (κ2) is 7.38. The highest BCUT2D eigenvalue weighted by Gasteiger charge is 2.22. The van der Waals surface area contributed by atoms with Gasteiger partial charge in [-0.15, -0.1) is 0 Å². The number of ether oxygens (including phenoxy) is 2. The van der Waals surface area contributed by atoms with Crippen molar-refractivity contribution in [2.24, 2.45) is 0 Å². The maximum Gasteiger partial charge on any atom is 0.345 e. The van der Waals surface area contributed by atoms with Crippen LogP contribution in [-0.4, -0.2) is 24.3 Å². The van der Waals surface area contributed by atoms with Crippen LogP contribution in [0.4, 0.5) is 0 Å². The Morgan fingerprint density at radius 2 is 1.96 bits per heavy atom. The number of carboxylic acid groups (broad SMARTS) is 1. The number of hydrogen-bond donors (Lipinski definition) is 1. The lowest BCUT2D eigenvalue weighted by Gasteiger charge is -2.17. The number of methoxy groups -OCH3 is 1. The highest BCUT2D eigenvalue weighted by atomic mass is 35.5. The first-order valence-corrected chi connectivity index (χ1v) is 7.57. The van der Waals surface area contributed by atoms with Gasteiger partial charge in [0, 0.05) is 11.4 Å². The molecule has 0 aromatic heterocycles. The number of carboxylic acids is 1. The van der Waals surface area contributed by atoms with Gasteiger partial charge in [-0.3, -0.25) is 0 Å². The molecule has 2 aromatic rings. The Balaban J connectivity index is 2.24. The van der Waals surface area contributed by atoms with Gasteiger partial charge in [-0.05, 0) is 49.2 Å². The van der Waals surface area contributed by atoms with E-state index < -0.39 is 12.1 Å². The first kappa shape index (κ1) is 17.2. The number of carbonyl (C=O) groups is 1. The third kappa shape index (κ3) is 4.39. The highest BCUT2D eigenvalue weighted by molar-refractivity contribution is 6.31. The average Bonchev–Trinajstić information content (AvgIpc) is 2.50. The molecule has 0 aliphatic heterocycles. The van der Waals surface area contributed by atoms with Gasteiger partial charge < -0.3 is 14.6 Å². The number of aryl methyl sites for hydroxylation is 2. The third-order valence-corrected chi connectivity index (χ3v) is 3.95. The maximum atomic E-state index is 11.6. The van der Waals surface area contributed by atoms with E-state index in [1.54, 1.807) is 25.3 Å². The van der Waals surface area contributed by atoms with Crippen molar-refractivity contribution < 1.29 is 19.4 Å². The Labute approximate surface area is 140 Å². The molecule has 0 radical (unpaired) electrons. The largest absolute Gasteiger partial charge is 0.496 e. The molecule has 4 nitrogen and oxygen atoms in total. The molecular formula is C18H19ClO4. The lowest BCUT2D eigenvalue weighted by Crippen LogP contribution is -2.29. The number of aliphatic carboxylic acids is 1. The van der Waals surface area contributed by atoms with Gasteiger partial charge >= 0.3 is 5.97 Å². The van der Waals surface area contributed by atoms with Crippen molar-refractivity contribution in [2.75, 3.05) is 7.11 Å². The first-order chi connectivity index (χ1) is 10.9. The van der Waals surface area contributed by atoms with Crippen LogP contribution >= 0.6 is 11.6 Å². The number of halogens is 1. The van der Waals surface area contributed by atoms with Crippen LogP contribution < -0.4 is 9.47 Å². The van der Waals surface area contributed by atoms with Gasteiger partial charge in [0.25, 0.3) is 0 Å². The first-order valence-electron chi connectivity index (χ1n) is 7.20. The minimum atomic E-state index is -1.03. The van der Waals surface area contributed by atoms with Gasteiger partial charge in [0.05, 0.1) is 7.11 Å². The summed E-state index contributed by atoms with van der Waals surface area (Å²) in [5.41, 5.74) is 2.67. The Bertz CT molecular complexity index is 712. The van der Waals surface area contributed by atoms with Crippen LogP contribution in [0, 0.1) is 13.8 Å². The summed E-state index contributed by atoms with van der Waals surface area (Å²) in [6.07, 6.45) is -0.798. The summed E-state index contributed by atoms with van der Waals surface area (Å²) in [7, 11) is 1.56. The van der Waals surface area contributed by atoms with Crippen molar-refractivity contribution in [1.82, 2.24) is 0 Å². The van der Waals surface area contributed by atoms with Crippen molar-refractivity contribution in [1.29, 1.82) is 0 Å². The number of rotatable bonds is 6. The van der Waals surface area contributed by atoms with Gasteiger partial charge in [-0.25, -0.2) is 4.79 Å².